The van der Waals surface area contributed by atoms with Crippen molar-refractivity contribution in [3.63, 3.8) is 0 Å². The van der Waals surface area contributed by atoms with E-state index in [2.05, 4.69) is 27.1 Å². The number of carbonyl (C=O) groups is 2. The maximum absolute atomic E-state index is 9.55. The molecule has 3 unspecified atom stereocenters. The Hall–Kier alpha value is -3.67. The van der Waals surface area contributed by atoms with E-state index in [0.29, 0.717) is 12.2 Å². The molecule has 0 spiro atoms. The van der Waals surface area contributed by atoms with Crippen LogP contribution in [0.3, 0.4) is 0 Å². The van der Waals surface area contributed by atoms with Gasteiger partial charge in [-0.2, -0.15) is 0 Å². The van der Waals surface area contributed by atoms with E-state index >= 15 is 0 Å². The first-order valence-electron chi connectivity index (χ1n) is 11.4. The molecule has 11 nitrogen and oxygen atoms in total. The van der Waals surface area contributed by atoms with Gasteiger partial charge in [-0.25, -0.2) is 24.5 Å². The van der Waals surface area contributed by atoms with Gasteiger partial charge < -0.3 is 20.3 Å². The number of fused-ring (bicyclic) bond motifs is 1. The summed E-state index contributed by atoms with van der Waals surface area (Å²) < 4.78 is 5.98. The van der Waals surface area contributed by atoms with Crippen LogP contribution in [0, 0.1) is 0 Å². The highest BCUT2D eigenvalue weighted by molar-refractivity contribution is 5.97. The summed E-state index contributed by atoms with van der Waals surface area (Å²) in [5.41, 5.74) is 8.12. The molecule has 5 N–H and O–H groups in total. The number of hydrogen-bond acceptors (Lipinski definition) is 9. The number of carboxylic acid groups (broad SMARTS) is 2. The number of nitrogens with one attached hydrogen (secondary N) is 1. The van der Waals surface area contributed by atoms with Gasteiger partial charge in [-0.1, -0.05) is 25.5 Å². The van der Waals surface area contributed by atoms with Crippen LogP contribution in [0.1, 0.15) is 31.6 Å². The maximum atomic E-state index is 9.55. The molecule has 186 valence electrons. The van der Waals surface area contributed by atoms with Crippen molar-refractivity contribution in [1.29, 1.82) is 0 Å². The zero-order valence-corrected chi connectivity index (χ0v) is 19.4. The van der Waals surface area contributed by atoms with Gasteiger partial charge in [-0.15, -0.1) is 0 Å². The number of carboxylic acids is 2. The number of aliphatic carboxylic acids is 2. The molecule has 1 aromatic carbocycles. The van der Waals surface area contributed by atoms with Gasteiger partial charge in [0.25, 0.3) is 0 Å². The molecule has 4 rings (SSSR count). The molecule has 0 bridgehead atoms. The highest BCUT2D eigenvalue weighted by Crippen LogP contribution is 2.34. The summed E-state index contributed by atoms with van der Waals surface area (Å²) >= 11 is 0. The molecule has 11 heteroatoms. The molecule has 0 saturated carbocycles. The fourth-order valence-corrected chi connectivity index (χ4v) is 4.03. The van der Waals surface area contributed by atoms with Crippen LogP contribution >= 0.6 is 0 Å². The van der Waals surface area contributed by atoms with Gasteiger partial charge in [0.2, 0.25) is 0 Å². The van der Waals surface area contributed by atoms with Crippen molar-refractivity contribution >= 4 is 23.3 Å². The summed E-state index contributed by atoms with van der Waals surface area (Å²) in [5, 5.41) is 19.1. The van der Waals surface area contributed by atoms with Crippen LogP contribution in [-0.2, 0) is 9.59 Å². The highest BCUT2D eigenvalue weighted by atomic mass is 16.5. The number of nitrogens with two attached hydrogens (primary N) is 1. The Bertz CT molecular complexity index is 1050. The van der Waals surface area contributed by atoms with Crippen molar-refractivity contribution in [2.75, 3.05) is 19.6 Å². The third-order valence-corrected chi connectivity index (χ3v) is 5.50. The molecule has 0 aliphatic carbocycles. The smallest absolute Gasteiger partial charge is 0.328 e. The van der Waals surface area contributed by atoms with Crippen LogP contribution in [0.4, 0.5) is 5.69 Å². The molecule has 0 amide bonds. The van der Waals surface area contributed by atoms with Gasteiger partial charge in [-0.05, 0) is 24.6 Å². The summed E-state index contributed by atoms with van der Waals surface area (Å²) in [4.78, 5) is 35.5. The van der Waals surface area contributed by atoms with Crippen molar-refractivity contribution in [2.45, 2.75) is 38.1 Å². The molecule has 1 aromatic heterocycles. The number of hydrogen-bond donors (Lipinski definition) is 4. The lowest BCUT2D eigenvalue weighted by atomic mass is 9.98. The molecule has 1 saturated heterocycles. The predicted octanol–water partition coefficient (Wildman–Crippen LogP) is 1.75. The summed E-state index contributed by atoms with van der Waals surface area (Å²) in [6.07, 6.45) is 6.17. The SMILES string of the molecule is CCCC(C1=Nc2ccccc2OC1N)N1CCNCC1c1ncccn1.O=C(O)C=CC(=O)O. The summed E-state index contributed by atoms with van der Waals surface area (Å²) in [5.74, 6) is -0.941. The second-order valence-electron chi connectivity index (χ2n) is 7.92. The second-order valence-corrected chi connectivity index (χ2v) is 7.92. The molecule has 0 radical (unpaired) electrons. The summed E-state index contributed by atoms with van der Waals surface area (Å²) in [6.45, 7) is 4.81. The normalized spacial score (nSPS) is 20.6. The second kappa shape index (κ2) is 12.7. The van der Waals surface area contributed by atoms with Crippen molar-refractivity contribution in [1.82, 2.24) is 20.2 Å². The molecular weight excluding hydrogens is 452 g/mol. The van der Waals surface area contributed by atoms with E-state index in [9.17, 15) is 9.59 Å². The molecular formula is C24H30N6O5. The quantitative estimate of drug-likeness (QED) is 0.428. The predicted molar refractivity (Wildman–Crippen MR) is 130 cm³/mol. The van der Waals surface area contributed by atoms with Crippen LogP contribution in [-0.4, -0.2) is 74.6 Å². The Balaban J connectivity index is 0.000000371. The first kappa shape index (κ1) is 25.9. The number of nitrogens with zero attached hydrogens (tertiary/aromatic N) is 4. The van der Waals surface area contributed by atoms with Crippen LogP contribution in [0.5, 0.6) is 5.75 Å². The molecule has 1 fully saturated rings. The first-order valence-corrected chi connectivity index (χ1v) is 11.4. The summed E-state index contributed by atoms with van der Waals surface area (Å²) in [7, 11) is 0. The van der Waals surface area contributed by atoms with Gasteiger partial charge in [-0.3, -0.25) is 10.6 Å². The minimum atomic E-state index is -1.26. The molecule has 2 aromatic rings. The average Bonchev–Trinajstić information content (AvgIpc) is 2.87. The van der Waals surface area contributed by atoms with Gasteiger partial charge in [0.05, 0.1) is 17.8 Å². The average molecular weight is 483 g/mol. The number of para-hydroxylation sites is 2. The summed E-state index contributed by atoms with van der Waals surface area (Å²) in [6, 6.07) is 9.82. The van der Waals surface area contributed by atoms with E-state index in [1.54, 1.807) is 12.4 Å². The van der Waals surface area contributed by atoms with Crippen molar-refractivity contribution in [2.24, 2.45) is 10.7 Å². The van der Waals surface area contributed by atoms with Crippen molar-refractivity contribution in [3.05, 3.63) is 60.7 Å². The van der Waals surface area contributed by atoms with Gasteiger partial charge in [0.15, 0.2) is 6.23 Å². The van der Waals surface area contributed by atoms with E-state index in [0.717, 1.165) is 55.4 Å². The zero-order valence-electron chi connectivity index (χ0n) is 19.4. The number of ether oxygens (including phenoxy) is 1. The van der Waals surface area contributed by atoms with Crippen molar-refractivity contribution < 1.29 is 24.5 Å². The first-order chi connectivity index (χ1) is 16.9. The highest BCUT2D eigenvalue weighted by Gasteiger charge is 2.37. The van der Waals surface area contributed by atoms with E-state index in [1.165, 1.54) is 0 Å². The number of benzene rings is 1. The number of piperazine rings is 1. The van der Waals surface area contributed by atoms with Crippen LogP contribution in [0.15, 0.2) is 59.9 Å². The minimum Gasteiger partial charge on any atom is -0.478 e. The molecule has 2 aliphatic rings. The standard InChI is InChI=1S/C20H26N6O.C4H4O4/c1-2-6-15(18-19(21)27-17-8-4-3-7-14(17)25-18)26-12-11-22-13-16(26)20-23-9-5-10-24-20;5-3(6)1-2-4(7)8/h3-5,7-10,15-16,19,22H,2,6,11-13,21H2,1H3;1-2H,(H,5,6)(H,7,8). The number of aromatic nitrogens is 2. The minimum absolute atomic E-state index is 0.0866. The zero-order chi connectivity index (χ0) is 25.2. The fourth-order valence-electron chi connectivity index (χ4n) is 4.03. The van der Waals surface area contributed by atoms with E-state index < -0.39 is 18.2 Å². The Kier molecular flexibility index (Phi) is 9.41. The largest absolute Gasteiger partial charge is 0.478 e. The van der Waals surface area contributed by atoms with Crippen LogP contribution in [0.2, 0.25) is 0 Å². The fraction of sp³-hybridized carbons (Fsp3) is 0.375. The van der Waals surface area contributed by atoms with Gasteiger partial charge in [0, 0.05) is 44.2 Å². The monoisotopic (exact) mass is 482 g/mol. The Morgan fingerprint density at radius 2 is 1.89 bits per heavy atom. The third kappa shape index (κ3) is 7.15. The van der Waals surface area contributed by atoms with E-state index in [1.807, 2.05) is 30.3 Å². The van der Waals surface area contributed by atoms with Crippen molar-refractivity contribution in [3.8, 4) is 5.75 Å². The topological polar surface area (TPSA) is 163 Å². The number of rotatable bonds is 7. The lowest BCUT2D eigenvalue weighted by Gasteiger charge is -2.42. The molecule has 2 aliphatic heterocycles. The van der Waals surface area contributed by atoms with Gasteiger partial charge in [0.1, 0.15) is 17.3 Å². The lowest BCUT2D eigenvalue weighted by Crippen LogP contribution is -2.57. The Morgan fingerprint density at radius 1 is 1.20 bits per heavy atom. The third-order valence-electron chi connectivity index (χ3n) is 5.50. The molecule has 35 heavy (non-hydrogen) atoms. The Labute approximate surface area is 203 Å². The van der Waals surface area contributed by atoms with E-state index in [-0.39, 0.29) is 12.1 Å². The Morgan fingerprint density at radius 3 is 2.54 bits per heavy atom. The van der Waals surface area contributed by atoms with Crippen LogP contribution < -0.4 is 15.8 Å². The molecule has 3 atom stereocenters. The molecule has 3 heterocycles. The van der Waals surface area contributed by atoms with E-state index in [4.69, 9.17) is 25.7 Å². The lowest BCUT2D eigenvalue weighted by molar-refractivity contribution is -0.134. The van der Waals surface area contributed by atoms with Gasteiger partial charge >= 0.3 is 11.9 Å². The number of aliphatic imine (C=N–C) groups is 1. The maximum Gasteiger partial charge on any atom is 0.328 e. The van der Waals surface area contributed by atoms with Crippen LogP contribution in [0.25, 0.3) is 0 Å².